The summed E-state index contributed by atoms with van der Waals surface area (Å²) in [5.74, 6) is -3.15. The minimum absolute atomic E-state index is 0.0823. The molecule has 3 unspecified atom stereocenters. The van der Waals surface area contributed by atoms with E-state index in [9.17, 15) is 23.5 Å². The first-order valence-electron chi connectivity index (χ1n) is 8.01. The van der Waals surface area contributed by atoms with Crippen LogP contribution in [0.1, 0.15) is 26.7 Å². The number of rotatable bonds is 6. The summed E-state index contributed by atoms with van der Waals surface area (Å²) in [5.41, 5.74) is 0.121. The lowest BCUT2D eigenvalue weighted by atomic mass is 10.0. The summed E-state index contributed by atoms with van der Waals surface area (Å²) in [6.45, 7) is 4.17. The lowest BCUT2D eigenvalue weighted by Crippen LogP contribution is -2.38. The number of amides is 2. The summed E-state index contributed by atoms with van der Waals surface area (Å²) in [6, 6.07) is 2.88. The third-order valence-corrected chi connectivity index (χ3v) is 4.05. The zero-order valence-corrected chi connectivity index (χ0v) is 13.8. The Labute approximate surface area is 139 Å². The summed E-state index contributed by atoms with van der Waals surface area (Å²) in [5, 5.41) is 12.0. The molecule has 0 radical (unpaired) electrons. The van der Waals surface area contributed by atoms with Crippen LogP contribution >= 0.6 is 0 Å². The fourth-order valence-electron chi connectivity index (χ4n) is 2.94. The Morgan fingerprint density at radius 2 is 1.96 bits per heavy atom. The van der Waals surface area contributed by atoms with Gasteiger partial charge in [0.05, 0.1) is 6.10 Å². The number of anilines is 1. The van der Waals surface area contributed by atoms with Gasteiger partial charge in [0.25, 0.3) is 0 Å². The van der Waals surface area contributed by atoms with Crippen molar-refractivity contribution in [2.75, 3.05) is 18.0 Å². The van der Waals surface area contributed by atoms with Crippen molar-refractivity contribution in [2.24, 2.45) is 11.8 Å². The molecule has 0 bridgehead atoms. The normalized spacial score (nSPS) is 20.1. The first kappa shape index (κ1) is 18.3. The average Bonchev–Trinajstić information content (AvgIpc) is 2.85. The van der Waals surface area contributed by atoms with Crippen LogP contribution < -0.4 is 10.2 Å². The predicted octanol–water partition coefficient (Wildman–Crippen LogP) is 1.84. The second-order valence-electron chi connectivity index (χ2n) is 6.39. The van der Waals surface area contributed by atoms with Crippen LogP contribution in [0.4, 0.5) is 14.5 Å². The number of nitrogens with zero attached hydrogens (tertiary/aromatic N) is 1. The minimum Gasteiger partial charge on any atom is -0.393 e. The Bertz CT molecular complexity index is 602. The molecule has 0 saturated carbocycles. The minimum atomic E-state index is -0.852. The smallest absolute Gasteiger partial charge is 0.239 e. The Morgan fingerprint density at radius 3 is 2.54 bits per heavy atom. The van der Waals surface area contributed by atoms with E-state index in [0.29, 0.717) is 19.4 Å². The van der Waals surface area contributed by atoms with Gasteiger partial charge in [0.2, 0.25) is 11.8 Å². The molecular weight excluding hydrogens is 318 g/mol. The number of nitrogens with one attached hydrogen (secondary N) is 1. The summed E-state index contributed by atoms with van der Waals surface area (Å²) in [6.07, 6.45) is 0.393. The molecule has 2 rings (SSSR count). The summed E-state index contributed by atoms with van der Waals surface area (Å²) in [7, 11) is 0. The summed E-state index contributed by atoms with van der Waals surface area (Å²) < 4.78 is 26.6. The zero-order valence-electron chi connectivity index (χ0n) is 13.8. The van der Waals surface area contributed by atoms with Crippen molar-refractivity contribution in [3.63, 3.8) is 0 Å². The van der Waals surface area contributed by atoms with E-state index >= 15 is 0 Å². The molecule has 1 aliphatic rings. The number of hydrogen-bond acceptors (Lipinski definition) is 3. The molecule has 1 aromatic carbocycles. The van der Waals surface area contributed by atoms with E-state index in [0.717, 1.165) is 18.2 Å². The van der Waals surface area contributed by atoms with E-state index in [4.69, 9.17) is 0 Å². The topological polar surface area (TPSA) is 69.6 Å². The van der Waals surface area contributed by atoms with Gasteiger partial charge in [-0.25, -0.2) is 8.78 Å². The Balaban J connectivity index is 1.96. The molecule has 0 spiro atoms. The van der Waals surface area contributed by atoms with Gasteiger partial charge in [0, 0.05) is 24.8 Å². The first-order chi connectivity index (χ1) is 11.3. The van der Waals surface area contributed by atoms with Crippen molar-refractivity contribution < 1.29 is 23.5 Å². The summed E-state index contributed by atoms with van der Waals surface area (Å²) in [4.78, 5) is 25.8. The van der Waals surface area contributed by atoms with Crippen molar-refractivity contribution in [1.29, 1.82) is 0 Å². The number of carbonyl (C=O) groups excluding carboxylic acids is 2. The number of aliphatic hydroxyl groups is 1. The van der Waals surface area contributed by atoms with Crippen molar-refractivity contribution in [2.45, 2.75) is 32.8 Å². The molecule has 5 nitrogen and oxygen atoms in total. The van der Waals surface area contributed by atoms with Crippen LogP contribution in [-0.2, 0) is 9.59 Å². The van der Waals surface area contributed by atoms with Gasteiger partial charge in [0.1, 0.15) is 17.6 Å². The molecule has 2 amide bonds. The lowest BCUT2D eigenvalue weighted by Gasteiger charge is -2.18. The number of carbonyl (C=O) groups is 2. The van der Waals surface area contributed by atoms with Gasteiger partial charge in [-0.15, -0.1) is 0 Å². The Morgan fingerprint density at radius 1 is 1.33 bits per heavy atom. The van der Waals surface area contributed by atoms with Crippen LogP contribution in [0.2, 0.25) is 0 Å². The van der Waals surface area contributed by atoms with Crippen molar-refractivity contribution in [3.8, 4) is 0 Å². The van der Waals surface area contributed by atoms with E-state index in [-0.39, 0.29) is 18.2 Å². The lowest BCUT2D eigenvalue weighted by molar-refractivity contribution is -0.132. The van der Waals surface area contributed by atoms with Crippen LogP contribution in [0.5, 0.6) is 0 Å². The largest absolute Gasteiger partial charge is 0.393 e. The summed E-state index contributed by atoms with van der Waals surface area (Å²) >= 11 is 0. The van der Waals surface area contributed by atoms with E-state index in [1.807, 2.05) is 6.92 Å². The fourth-order valence-corrected chi connectivity index (χ4v) is 2.94. The van der Waals surface area contributed by atoms with Crippen LogP contribution in [-0.4, -0.2) is 36.1 Å². The highest BCUT2D eigenvalue weighted by molar-refractivity contribution is 6.09. The maximum absolute atomic E-state index is 13.3. The molecule has 3 atom stereocenters. The van der Waals surface area contributed by atoms with Crippen LogP contribution in [0.3, 0.4) is 0 Å². The third-order valence-electron chi connectivity index (χ3n) is 4.05. The molecule has 1 saturated heterocycles. The van der Waals surface area contributed by atoms with E-state index in [1.54, 1.807) is 6.92 Å². The second-order valence-corrected chi connectivity index (χ2v) is 6.39. The van der Waals surface area contributed by atoms with Gasteiger partial charge < -0.3 is 15.3 Å². The first-order valence-corrected chi connectivity index (χ1v) is 8.01. The Hall–Kier alpha value is -2.02. The van der Waals surface area contributed by atoms with Crippen molar-refractivity contribution in [1.82, 2.24) is 5.32 Å². The molecule has 1 fully saturated rings. The molecule has 1 aromatic rings. The molecule has 132 valence electrons. The van der Waals surface area contributed by atoms with Crippen LogP contribution in [0.25, 0.3) is 0 Å². The quantitative estimate of drug-likeness (QED) is 0.777. The molecule has 0 aliphatic carbocycles. The highest BCUT2D eigenvalue weighted by atomic mass is 19.1. The van der Waals surface area contributed by atoms with Crippen LogP contribution in [0, 0.1) is 23.5 Å². The van der Waals surface area contributed by atoms with Crippen molar-refractivity contribution >= 4 is 17.5 Å². The molecule has 24 heavy (non-hydrogen) atoms. The molecule has 2 N–H and O–H groups in total. The monoisotopic (exact) mass is 340 g/mol. The molecular formula is C17H22F2N2O3. The van der Waals surface area contributed by atoms with Gasteiger partial charge in [-0.05, 0) is 37.8 Å². The molecule has 0 aromatic heterocycles. The predicted molar refractivity (Wildman–Crippen MR) is 85.3 cm³/mol. The van der Waals surface area contributed by atoms with Gasteiger partial charge in [0.15, 0.2) is 0 Å². The molecule has 7 heteroatoms. The number of halogens is 2. The van der Waals surface area contributed by atoms with E-state index in [1.165, 1.54) is 4.90 Å². The maximum Gasteiger partial charge on any atom is 0.239 e. The van der Waals surface area contributed by atoms with Crippen molar-refractivity contribution in [3.05, 3.63) is 29.8 Å². The van der Waals surface area contributed by atoms with Gasteiger partial charge >= 0.3 is 0 Å². The number of benzene rings is 1. The maximum atomic E-state index is 13.3. The standard InChI is InChI=1S/C17H22F2N2O3/c1-10(5-11(2)22)9-20-16(23)15-3-4-21(17(15)24)14-7-12(18)6-13(19)8-14/h6-8,10-11,15,22H,3-5,9H2,1-2H3,(H,20,23). The SMILES string of the molecule is CC(O)CC(C)CNC(=O)C1CCN(c2cc(F)cc(F)c2)C1=O. The average molecular weight is 340 g/mol. The Kier molecular flexibility index (Phi) is 5.88. The third kappa shape index (κ3) is 4.50. The van der Waals surface area contributed by atoms with E-state index in [2.05, 4.69) is 5.32 Å². The second kappa shape index (κ2) is 7.70. The van der Waals surface area contributed by atoms with Gasteiger partial charge in [-0.3, -0.25) is 9.59 Å². The number of hydrogen-bond donors (Lipinski definition) is 2. The number of aliphatic hydroxyl groups excluding tert-OH is 1. The molecule has 1 heterocycles. The van der Waals surface area contributed by atoms with Gasteiger partial charge in [-0.1, -0.05) is 6.92 Å². The van der Waals surface area contributed by atoms with Gasteiger partial charge in [-0.2, -0.15) is 0 Å². The molecule has 1 aliphatic heterocycles. The highest BCUT2D eigenvalue weighted by Gasteiger charge is 2.37. The highest BCUT2D eigenvalue weighted by Crippen LogP contribution is 2.26. The fraction of sp³-hybridized carbons (Fsp3) is 0.529. The zero-order chi connectivity index (χ0) is 17.9. The van der Waals surface area contributed by atoms with E-state index < -0.39 is 35.5 Å². The van der Waals surface area contributed by atoms with Crippen LogP contribution in [0.15, 0.2) is 18.2 Å².